The minimum atomic E-state index is -0.420. The molecule has 1 N–H and O–H groups in total. The first-order chi connectivity index (χ1) is 9.83. The molecule has 0 aliphatic carbocycles. The smallest absolute Gasteiger partial charge is 0.410 e. The van der Waals surface area contributed by atoms with E-state index in [1.807, 2.05) is 25.7 Å². The van der Waals surface area contributed by atoms with Crippen molar-refractivity contribution >= 4 is 6.09 Å². The molecule has 21 heavy (non-hydrogen) atoms. The number of carbonyl (C=O) groups excluding carboxylic acids is 1. The molecule has 1 rings (SSSR count). The molecule has 1 unspecified atom stereocenters. The van der Waals surface area contributed by atoms with Crippen LogP contribution in [0.5, 0.6) is 0 Å². The number of nitrogens with one attached hydrogen (secondary N) is 1. The molecule has 1 aliphatic rings. The van der Waals surface area contributed by atoms with Gasteiger partial charge in [0.2, 0.25) is 0 Å². The lowest BCUT2D eigenvalue weighted by Crippen LogP contribution is -2.50. The predicted molar refractivity (Wildman–Crippen MR) is 86.6 cm³/mol. The van der Waals surface area contributed by atoms with Gasteiger partial charge in [0.25, 0.3) is 0 Å². The average Bonchev–Trinajstić information content (AvgIpc) is 2.41. The lowest BCUT2D eigenvalue weighted by Gasteiger charge is -2.37. The van der Waals surface area contributed by atoms with Crippen LogP contribution >= 0.6 is 0 Å². The molecule has 5 nitrogen and oxygen atoms in total. The molecule has 0 aromatic carbocycles. The zero-order valence-electron chi connectivity index (χ0n) is 14.4. The number of hydrogen-bond acceptors (Lipinski definition) is 4. The van der Waals surface area contributed by atoms with Gasteiger partial charge >= 0.3 is 6.09 Å². The molecule has 1 fully saturated rings. The molecule has 1 atom stereocenters. The van der Waals surface area contributed by atoms with Crippen LogP contribution in [-0.2, 0) is 4.74 Å². The Hall–Kier alpha value is -0.810. The Balaban J connectivity index is 2.40. The fourth-order valence-electron chi connectivity index (χ4n) is 2.47. The van der Waals surface area contributed by atoms with E-state index < -0.39 is 5.60 Å². The fraction of sp³-hybridized carbons (Fsp3) is 0.938. The monoisotopic (exact) mass is 299 g/mol. The molecule has 1 heterocycles. The highest BCUT2D eigenvalue weighted by Gasteiger charge is 2.29. The summed E-state index contributed by atoms with van der Waals surface area (Å²) in [5.74, 6) is 0. The fourth-order valence-corrected chi connectivity index (χ4v) is 2.47. The Morgan fingerprint density at radius 2 is 2.10 bits per heavy atom. The summed E-state index contributed by atoms with van der Waals surface area (Å²) in [7, 11) is 2.12. The van der Waals surface area contributed by atoms with Crippen molar-refractivity contribution in [2.75, 3.05) is 39.8 Å². The van der Waals surface area contributed by atoms with E-state index in [-0.39, 0.29) is 12.1 Å². The first-order valence-corrected chi connectivity index (χ1v) is 8.22. The molecule has 5 heteroatoms. The molecule has 0 aromatic heterocycles. The van der Waals surface area contributed by atoms with Crippen LogP contribution in [0.3, 0.4) is 0 Å². The number of nitrogens with zero attached hydrogens (tertiary/aromatic N) is 2. The molecular weight excluding hydrogens is 266 g/mol. The second-order valence-electron chi connectivity index (χ2n) is 6.92. The van der Waals surface area contributed by atoms with Crippen LogP contribution < -0.4 is 5.32 Å². The van der Waals surface area contributed by atoms with Gasteiger partial charge in [0, 0.05) is 32.2 Å². The number of ether oxygens (including phenoxy) is 1. The van der Waals surface area contributed by atoms with E-state index in [0.717, 1.165) is 45.6 Å². The number of likely N-dealkylation sites (tertiary alicyclic amines) is 1. The molecule has 1 amide bonds. The van der Waals surface area contributed by atoms with Crippen LogP contribution in [0.15, 0.2) is 0 Å². The maximum atomic E-state index is 12.3. The Morgan fingerprint density at radius 1 is 1.38 bits per heavy atom. The molecular formula is C16H33N3O2. The van der Waals surface area contributed by atoms with Crippen LogP contribution in [0, 0.1) is 0 Å². The summed E-state index contributed by atoms with van der Waals surface area (Å²) >= 11 is 0. The first-order valence-electron chi connectivity index (χ1n) is 8.22. The average molecular weight is 299 g/mol. The maximum absolute atomic E-state index is 12.3. The molecule has 1 saturated heterocycles. The number of piperidine rings is 1. The van der Waals surface area contributed by atoms with Crippen molar-refractivity contribution in [1.82, 2.24) is 15.1 Å². The van der Waals surface area contributed by atoms with Gasteiger partial charge in [-0.1, -0.05) is 6.92 Å². The summed E-state index contributed by atoms with van der Waals surface area (Å²) in [5.41, 5.74) is -0.420. The highest BCUT2D eigenvalue weighted by molar-refractivity contribution is 5.68. The van der Waals surface area contributed by atoms with Crippen LogP contribution in [0.1, 0.15) is 47.0 Å². The third-order valence-corrected chi connectivity index (χ3v) is 3.85. The van der Waals surface area contributed by atoms with Crippen LogP contribution in [0.2, 0.25) is 0 Å². The second kappa shape index (κ2) is 8.59. The number of carbonyl (C=O) groups is 1. The Bertz CT molecular complexity index is 315. The third kappa shape index (κ3) is 7.14. The minimum absolute atomic E-state index is 0.167. The van der Waals surface area contributed by atoms with Crippen molar-refractivity contribution < 1.29 is 9.53 Å². The van der Waals surface area contributed by atoms with Gasteiger partial charge in [0.1, 0.15) is 5.60 Å². The van der Waals surface area contributed by atoms with Gasteiger partial charge in [0.05, 0.1) is 0 Å². The van der Waals surface area contributed by atoms with Crippen molar-refractivity contribution in [3.05, 3.63) is 0 Å². The number of amides is 1. The van der Waals surface area contributed by atoms with Crippen molar-refractivity contribution in [3.8, 4) is 0 Å². The lowest BCUT2D eigenvalue weighted by atomic mass is 10.0. The van der Waals surface area contributed by atoms with Gasteiger partial charge in [-0.2, -0.15) is 0 Å². The van der Waals surface area contributed by atoms with Crippen LogP contribution in [0.25, 0.3) is 0 Å². The predicted octanol–water partition coefficient (Wildman–Crippen LogP) is 2.32. The standard InChI is InChI=1S/C16H33N3O2/c1-6-18(5)12-10-17-13-14-9-7-8-11-19(14)15(20)21-16(2,3)4/h14,17H,6-13H2,1-5H3. The van der Waals surface area contributed by atoms with Crippen molar-refractivity contribution in [3.63, 3.8) is 0 Å². The molecule has 0 bridgehead atoms. The van der Waals surface area contributed by atoms with Crippen molar-refractivity contribution in [1.29, 1.82) is 0 Å². The van der Waals surface area contributed by atoms with E-state index in [1.54, 1.807) is 0 Å². The van der Waals surface area contributed by atoms with Crippen LogP contribution in [-0.4, -0.2) is 67.3 Å². The zero-order valence-corrected chi connectivity index (χ0v) is 14.4. The van der Waals surface area contributed by atoms with Gasteiger partial charge in [-0.3, -0.25) is 0 Å². The second-order valence-corrected chi connectivity index (χ2v) is 6.92. The molecule has 0 saturated carbocycles. The largest absolute Gasteiger partial charge is 0.444 e. The van der Waals surface area contributed by atoms with E-state index in [2.05, 4.69) is 24.2 Å². The minimum Gasteiger partial charge on any atom is -0.444 e. The summed E-state index contributed by atoms with van der Waals surface area (Å²) in [5, 5.41) is 3.48. The Kier molecular flexibility index (Phi) is 7.46. The highest BCUT2D eigenvalue weighted by Crippen LogP contribution is 2.19. The number of rotatable bonds is 6. The SMILES string of the molecule is CCN(C)CCNCC1CCCCN1C(=O)OC(C)(C)C. The van der Waals surface area contributed by atoms with Gasteiger partial charge < -0.3 is 19.9 Å². The zero-order chi connectivity index (χ0) is 15.9. The van der Waals surface area contributed by atoms with E-state index in [4.69, 9.17) is 4.74 Å². The Morgan fingerprint density at radius 3 is 2.71 bits per heavy atom. The van der Waals surface area contributed by atoms with E-state index in [0.29, 0.717) is 0 Å². The normalized spacial score (nSPS) is 19.9. The third-order valence-electron chi connectivity index (χ3n) is 3.85. The van der Waals surface area contributed by atoms with E-state index in [1.165, 1.54) is 6.42 Å². The van der Waals surface area contributed by atoms with Crippen molar-refractivity contribution in [2.24, 2.45) is 0 Å². The molecule has 1 aliphatic heterocycles. The van der Waals surface area contributed by atoms with E-state index >= 15 is 0 Å². The summed E-state index contributed by atoms with van der Waals surface area (Å²) in [6, 6.07) is 0.264. The van der Waals surface area contributed by atoms with E-state index in [9.17, 15) is 4.79 Å². The quantitative estimate of drug-likeness (QED) is 0.765. The summed E-state index contributed by atoms with van der Waals surface area (Å²) in [6.45, 7) is 12.7. The van der Waals surface area contributed by atoms with Crippen LogP contribution in [0.4, 0.5) is 4.79 Å². The molecule has 0 spiro atoms. The highest BCUT2D eigenvalue weighted by atomic mass is 16.6. The lowest BCUT2D eigenvalue weighted by molar-refractivity contribution is 0.00994. The maximum Gasteiger partial charge on any atom is 0.410 e. The van der Waals surface area contributed by atoms with Gasteiger partial charge in [-0.05, 0) is 53.6 Å². The van der Waals surface area contributed by atoms with Crippen molar-refractivity contribution in [2.45, 2.75) is 58.6 Å². The van der Waals surface area contributed by atoms with Gasteiger partial charge in [0.15, 0.2) is 0 Å². The number of likely N-dealkylation sites (N-methyl/N-ethyl adjacent to an activating group) is 1. The summed E-state index contributed by atoms with van der Waals surface area (Å²) in [6.07, 6.45) is 3.17. The van der Waals surface area contributed by atoms with Gasteiger partial charge in [-0.25, -0.2) is 4.79 Å². The number of hydrogen-bond donors (Lipinski definition) is 1. The first kappa shape index (κ1) is 18.2. The molecule has 0 aromatic rings. The molecule has 124 valence electrons. The molecule has 0 radical (unpaired) electrons. The summed E-state index contributed by atoms with van der Waals surface area (Å²) in [4.78, 5) is 16.5. The summed E-state index contributed by atoms with van der Waals surface area (Å²) < 4.78 is 5.52. The van der Waals surface area contributed by atoms with Gasteiger partial charge in [-0.15, -0.1) is 0 Å². The Labute approximate surface area is 130 Å². The topological polar surface area (TPSA) is 44.8 Å².